The van der Waals surface area contributed by atoms with Gasteiger partial charge in [0.15, 0.2) is 0 Å². The van der Waals surface area contributed by atoms with Gasteiger partial charge in [-0.2, -0.15) is 0 Å². The second-order valence-electron chi connectivity index (χ2n) is 6.06. The lowest BCUT2D eigenvalue weighted by molar-refractivity contribution is 0.121. The average molecular weight is 253 g/mol. The maximum Gasteiger partial charge on any atom is 0.123 e. The Balaban J connectivity index is 2.21. The van der Waals surface area contributed by atoms with Gasteiger partial charge in [0.2, 0.25) is 0 Å². The molecule has 2 heteroatoms. The zero-order chi connectivity index (χ0) is 12.6. The molecule has 1 saturated carbocycles. The van der Waals surface area contributed by atoms with Crippen molar-refractivity contribution >= 4 is 11.6 Å². The summed E-state index contributed by atoms with van der Waals surface area (Å²) >= 11 is 5.98. The summed E-state index contributed by atoms with van der Waals surface area (Å²) in [5.41, 5.74) is 2.69. The third-order valence-electron chi connectivity index (χ3n) is 3.27. The topological polar surface area (TPSA) is 9.23 Å². The molecule has 1 nitrogen and oxygen atoms in total. The number of ether oxygens (including phenoxy) is 1. The van der Waals surface area contributed by atoms with Crippen LogP contribution < -0.4 is 4.74 Å². The summed E-state index contributed by atoms with van der Waals surface area (Å²) in [5, 5.41) is 0.309. The Morgan fingerprint density at radius 3 is 2.41 bits per heavy atom. The molecule has 94 valence electrons. The minimum absolute atomic E-state index is 0.117. The minimum atomic E-state index is 0.117. The molecule has 1 aliphatic rings. The van der Waals surface area contributed by atoms with Crippen LogP contribution in [0.1, 0.15) is 44.7 Å². The van der Waals surface area contributed by atoms with Crippen molar-refractivity contribution in [1.82, 2.24) is 0 Å². The molecular formula is C15H21ClO. The van der Waals surface area contributed by atoms with Gasteiger partial charge >= 0.3 is 0 Å². The zero-order valence-electron chi connectivity index (χ0n) is 11.1. The second kappa shape index (κ2) is 4.53. The molecule has 1 aliphatic carbocycles. The molecule has 0 heterocycles. The fourth-order valence-corrected chi connectivity index (χ4v) is 2.51. The van der Waals surface area contributed by atoms with Crippen molar-refractivity contribution in [2.75, 3.05) is 0 Å². The lowest BCUT2D eigenvalue weighted by Gasteiger charge is -2.33. The molecule has 0 bridgehead atoms. The number of rotatable bonds is 2. The standard InChI is InChI=1S/C15H21ClO/c1-10-5-6-14(13(7-10)15(2,3)4)17-12-8-11(16)9-12/h5-7,11-12H,8-9H2,1-4H3. The van der Waals surface area contributed by atoms with Crippen molar-refractivity contribution in [2.24, 2.45) is 0 Å². The molecule has 1 aromatic rings. The van der Waals surface area contributed by atoms with Crippen LogP contribution in [0, 0.1) is 6.92 Å². The molecular weight excluding hydrogens is 232 g/mol. The van der Waals surface area contributed by atoms with Crippen LogP contribution in [0.2, 0.25) is 0 Å². The third-order valence-corrected chi connectivity index (χ3v) is 3.63. The molecule has 0 amide bonds. The number of hydrogen-bond donors (Lipinski definition) is 0. The van der Waals surface area contributed by atoms with Gasteiger partial charge in [0.1, 0.15) is 11.9 Å². The number of benzene rings is 1. The fraction of sp³-hybridized carbons (Fsp3) is 0.600. The molecule has 1 aromatic carbocycles. The highest BCUT2D eigenvalue weighted by molar-refractivity contribution is 6.21. The molecule has 0 aromatic heterocycles. The molecule has 0 radical (unpaired) electrons. The lowest BCUT2D eigenvalue weighted by Crippen LogP contribution is -2.35. The van der Waals surface area contributed by atoms with Crippen molar-refractivity contribution in [2.45, 2.75) is 57.4 Å². The van der Waals surface area contributed by atoms with Gasteiger partial charge in [-0.3, -0.25) is 0 Å². The normalized spacial score (nSPS) is 24.3. The summed E-state index contributed by atoms with van der Waals surface area (Å²) in [5.74, 6) is 1.02. The van der Waals surface area contributed by atoms with E-state index in [4.69, 9.17) is 16.3 Å². The van der Waals surface area contributed by atoms with E-state index in [1.165, 1.54) is 11.1 Å². The number of alkyl halides is 1. The predicted molar refractivity (Wildman–Crippen MR) is 73.2 cm³/mol. The van der Waals surface area contributed by atoms with Gasteiger partial charge in [-0.25, -0.2) is 0 Å². The smallest absolute Gasteiger partial charge is 0.123 e. The molecule has 1 fully saturated rings. The first kappa shape index (κ1) is 12.8. The monoisotopic (exact) mass is 252 g/mol. The molecule has 0 N–H and O–H groups in total. The number of hydrogen-bond acceptors (Lipinski definition) is 1. The lowest BCUT2D eigenvalue weighted by atomic mass is 9.85. The largest absolute Gasteiger partial charge is 0.490 e. The first-order valence-corrected chi connectivity index (χ1v) is 6.72. The molecule has 0 saturated heterocycles. The Kier molecular flexibility index (Phi) is 3.40. The molecule has 0 spiro atoms. The molecule has 17 heavy (non-hydrogen) atoms. The van der Waals surface area contributed by atoms with Crippen LogP contribution in [-0.4, -0.2) is 11.5 Å². The summed E-state index contributed by atoms with van der Waals surface area (Å²) in [6.45, 7) is 8.79. The summed E-state index contributed by atoms with van der Waals surface area (Å²) in [6.07, 6.45) is 2.25. The SMILES string of the molecule is Cc1ccc(OC2CC(Cl)C2)c(C(C)(C)C)c1. The highest BCUT2D eigenvalue weighted by Gasteiger charge is 2.30. The van der Waals surface area contributed by atoms with Crippen molar-refractivity contribution in [3.8, 4) is 5.75 Å². The predicted octanol–water partition coefficient (Wildman–Crippen LogP) is 4.44. The molecule has 2 rings (SSSR count). The van der Waals surface area contributed by atoms with Crippen LogP contribution in [-0.2, 0) is 5.41 Å². The fourth-order valence-electron chi connectivity index (χ4n) is 2.11. The van der Waals surface area contributed by atoms with Gasteiger partial charge in [-0.1, -0.05) is 38.5 Å². The first-order chi connectivity index (χ1) is 7.86. The summed E-state index contributed by atoms with van der Waals surface area (Å²) in [7, 11) is 0. The van der Waals surface area contributed by atoms with Gasteiger partial charge in [-0.05, 0) is 24.0 Å². The molecule has 0 unspecified atom stereocenters. The quantitative estimate of drug-likeness (QED) is 0.707. The van der Waals surface area contributed by atoms with E-state index in [2.05, 4.69) is 45.9 Å². The van der Waals surface area contributed by atoms with E-state index in [-0.39, 0.29) is 5.41 Å². The molecule has 0 atom stereocenters. The Hall–Kier alpha value is -0.690. The summed E-state index contributed by atoms with van der Waals surface area (Å²) in [4.78, 5) is 0. The Labute approximate surface area is 109 Å². The Morgan fingerprint density at radius 1 is 1.24 bits per heavy atom. The van der Waals surface area contributed by atoms with Gasteiger partial charge < -0.3 is 4.74 Å². The van der Waals surface area contributed by atoms with Crippen LogP contribution in [0.15, 0.2) is 18.2 Å². The van der Waals surface area contributed by atoms with Crippen LogP contribution >= 0.6 is 11.6 Å². The summed E-state index contributed by atoms with van der Waals surface area (Å²) < 4.78 is 6.05. The van der Waals surface area contributed by atoms with Gasteiger partial charge in [0, 0.05) is 18.2 Å². The van der Waals surface area contributed by atoms with Gasteiger partial charge in [0.25, 0.3) is 0 Å². The van der Waals surface area contributed by atoms with E-state index in [1.54, 1.807) is 0 Å². The van der Waals surface area contributed by atoms with E-state index in [0.717, 1.165) is 18.6 Å². The van der Waals surface area contributed by atoms with Crippen LogP contribution in [0.5, 0.6) is 5.75 Å². The van der Waals surface area contributed by atoms with E-state index in [0.29, 0.717) is 11.5 Å². The van der Waals surface area contributed by atoms with Gasteiger partial charge in [-0.15, -0.1) is 11.6 Å². The maximum absolute atomic E-state index is 6.05. The van der Waals surface area contributed by atoms with E-state index < -0.39 is 0 Å². The minimum Gasteiger partial charge on any atom is -0.490 e. The average Bonchev–Trinajstić information content (AvgIpc) is 2.16. The number of halogens is 1. The highest BCUT2D eigenvalue weighted by atomic mass is 35.5. The van der Waals surface area contributed by atoms with Crippen molar-refractivity contribution in [3.05, 3.63) is 29.3 Å². The van der Waals surface area contributed by atoms with Crippen LogP contribution in [0.25, 0.3) is 0 Å². The van der Waals surface area contributed by atoms with Crippen LogP contribution in [0.4, 0.5) is 0 Å². The second-order valence-corrected chi connectivity index (χ2v) is 6.68. The van der Waals surface area contributed by atoms with Crippen molar-refractivity contribution in [3.63, 3.8) is 0 Å². The van der Waals surface area contributed by atoms with Crippen molar-refractivity contribution in [1.29, 1.82) is 0 Å². The van der Waals surface area contributed by atoms with E-state index in [9.17, 15) is 0 Å². The van der Waals surface area contributed by atoms with Crippen LogP contribution in [0.3, 0.4) is 0 Å². The molecule has 0 aliphatic heterocycles. The maximum atomic E-state index is 6.05. The zero-order valence-corrected chi connectivity index (χ0v) is 11.8. The number of aryl methyl sites for hydroxylation is 1. The van der Waals surface area contributed by atoms with Gasteiger partial charge in [0.05, 0.1) is 0 Å². The summed E-state index contributed by atoms with van der Waals surface area (Å²) in [6, 6.07) is 6.44. The van der Waals surface area contributed by atoms with E-state index >= 15 is 0 Å². The Morgan fingerprint density at radius 2 is 1.88 bits per heavy atom. The Bertz CT molecular complexity index is 400. The highest BCUT2D eigenvalue weighted by Crippen LogP contribution is 2.36. The van der Waals surface area contributed by atoms with E-state index in [1.807, 2.05) is 0 Å². The van der Waals surface area contributed by atoms with Crippen molar-refractivity contribution < 1.29 is 4.74 Å². The first-order valence-electron chi connectivity index (χ1n) is 6.28. The third kappa shape index (κ3) is 2.95.